The summed E-state index contributed by atoms with van der Waals surface area (Å²) in [6.45, 7) is 7.55. The summed E-state index contributed by atoms with van der Waals surface area (Å²) in [5.74, 6) is 3.60. The first-order chi connectivity index (χ1) is 13.2. The lowest BCUT2D eigenvalue weighted by Crippen LogP contribution is -2.51. The van der Waals surface area contributed by atoms with Gasteiger partial charge < -0.3 is 14.7 Å². The van der Waals surface area contributed by atoms with Gasteiger partial charge in [0.25, 0.3) is 0 Å². The number of piperazine rings is 1. The van der Waals surface area contributed by atoms with Crippen molar-refractivity contribution in [3.8, 4) is 0 Å². The van der Waals surface area contributed by atoms with Crippen LogP contribution in [0.3, 0.4) is 0 Å². The monoisotopic (exact) mass is 371 g/mol. The maximum absolute atomic E-state index is 12.8. The molecule has 0 atom stereocenters. The minimum Gasteiger partial charge on any atom is -0.356 e. The highest BCUT2D eigenvalue weighted by Gasteiger charge is 2.29. The standard InChI is InChI=1S/C21H33N5O/c1-17-22-19(24-10-6-3-7-11-24)16-20(23-17)25-12-14-26(15-13-25)21(27)18-8-4-2-5-9-18/h16,18H,2-15H2,1H3. The number of hydrogen-bond donors (Lipinski definition) is 0. The molecule has 148 valence electrons. The van der Waals surface area contributed by atoms with Crippen LogP contribution in [-0.2, 0) is 4.79 Å². The fourth-order valence-corrected chi connectivity index (χ4v) is 4.75. The molecule has 1 amide bonds. The molecule has 1 aromatic rings. The SMILES string of the molecule is Cc1nc(N2CCCCC2)cc(N2CCN(C(=O)C3CCCCC3)CC2)n1. The molecule has 0 bridgehead atoms. The molecule has 0 N–H and O–H groups in total. The first-order valence-corrected chi connectivity index (χ1v) is 10.8. The summed E-state index contributed by atoms with van der Waals surface area (Å²) in [4.78, 5) is 29.0. The number of amides is 1. The second-order valence-corrected chi connectivity index (χ2v) is 8.33. The highest BCUT2D eigenvalue weighted by atomic mass is 16.2. The lowest BCUT2D eigenvalue weighted by molar-refractivity contribution is -0.136. The fraction of sp³-hybridized carbons (Fsp3) is 0.762. The molecule has 1 aromatic heterocycles. The van der Waals surface area contributed by atoms with E-state index in [4.69, 9.17) is 4.98 Å². The van der Waals surface area contributed by atoms with E-state index in [1.807, 2.05) is 6.92 Å². The third-order valence-corrected chi connectivity index (χ3v) is 6.36. The molecule has 4 rings (SSSR count). The lowest BCUT2D eigenvalue weighted by atomic mass is 9.88. The van der Waals surface area contributed by atoms with Crippen LogP contribution in [0.2, 0.25) is 0 Å². The van der Waals surface area contributed by atoms with Gasteiger partial charge in [-0.25, -0.2) is 9.97 Å². The van der Waals surface area contributed by atoms with Crippen LogP contribution in [0, 0.1) is 12.8 Å². The van der Waals surface area contributed by atoms with Gasteiger partial charge in [-0.3, -0.25) is 4.79 Å². The van der Waals surface area contributed by atoms with Gasteiger partial charge in [0.1, 0.15) is 17.5 Å². The first-order valence-electron chi connectivity index (χ1n) is 10.8. The predicted octanol–water partition coefficient (Wildman–Crippen LogP) is 3.00. The number of aryl methyl sites for hydroxylation is 1. The molecule has 0 unspecified atom stereocenters. The topological polar surface area (TPSA) is 52.6 Å². The highest BCUT2D eigenvalue weighted by Crippen LogP contribution is 2.27. The van der Waals surface area contributed by atoms with Crippen LogP contribution in [0.5, 0.6) is 0 Å². The molecule has 3 heterocycles. The minimum atomic E-state index is 0.275. The van der Waals surface area contributed by atoms with Gasteiger partial charge in [0.2, 0.25) is 5.91 Å². The number of piperidine rings is 1. The van der Waals surface area contributed by atoms with E-state index in [1.54, 1.807) is 0 Å². The van der Waals surface area contributed by atoms with E-state index in [0.29, 0.717) is 5.91 Å². The van der Waals surface area contributed by atoms with E-state index in [9.17, 15) is 4.79 Å². The molecule has 3 fully saturated rings. The first kappa shape index (κ1) is 18.5. The van der Waals surface area contributed by atoms with E-state index in [-0.39, 0.29) is 5.92 Å². The second kappa shape index (κ2) is 8.44. The molecule has 27 heavy (non-hydrogen) atoms. The van der Waals surface area contributed by atoms with Crippen molar-refractivity contribution in [2.45, 2.75) is 58.3 Å². The zero-order valence-corrected chi connectivity index (χ0v) is 16.7. The Morgan fingerprint density at radius 2 is 1.37 bits per heavy atom. The van der Waals surface area contributed by atoms with Gasteiger partial charge in [0.05, 0.1) is 0 Å². The molecule has 0 radical (unpaired) electrons. The van der Waals surface area contributed by atoms with Crippen LogP contribution in [0.4, 0.5) is 11.6 Å². The van der Waals surface area contributed by atoms with Crippen LogP contribution in [0.1, 0.15) is 57.2 Å². The van der Waals surface area contributed by atoms with Gasteiger partial charge >= 0.3 is 0 Å². The highest BCUT2D eigenvalue weighted by molar-refractivity contribution is 5.79. The Kier molecular flexibility index (Phi) is 5.79. The quantitative estimate of drug-likeness (QED) is 0.817. The van der Waals surface area contributed by atoms with Crippen molar-refractivity contribution in [2.75, 3.05) is 49.1 Å². The molecule has 2 aliphatic heterocycles. The Morgan fingerprint density at radius 1 is 0.815 bits per heavy atom. The van der Waals surface area contributed by atoms with Gasteiger partial charge in [-0.15, -0.1) is 0 Å². The number of hydrogen-bond acceptors (Lipinski definition) is 5. The van der Waals surface area contributed by atoms with Crippen molar-refractivity contribution in [1.29, 1.82) is 0 Å². The van der Waals surface area contributed by atoms with Crippen LogP contribution < -0.4 is 9.80 Å². The summed E-state index contributed by atoms with van der Waals surface area (Å²) in [6, 6.07) is 2.15. The average molecular weight is 372 g/mol. The van der Waals surface area contributed by atoms with Crippen LogP contribution >= 0.6 is 0 Å². The van der Waals surface area contributed by atoms with Crippen molar-refractivity contribution >= 4 is 17.5 Å². The smallest absolute Gasteiger partial charge is 0.225 e. The van der Waals surface area contributed by atoms with Gasteiger partial charge in [-0.2, -0.15) is 0 Å². The zero-order chi connectivity index (χ0) is 18.6. The summed E-state index contributed by atoms with van der Waals surface area (Å²) < 4.78 is 0. The molecule has 1 saturated carbocycles. The molecule has 2 saturated heterocycles. The fourth-order valence-electron chi connectivity index (χ4n) is 4.75. The third kappa shape index (κ3) is 4.36. The van der Waals surface area contributed by atoms with Gasteiger partial charge in [0, 0.05) is 51.3 Å². The maximum Gasteiger partial charge on any atom is 0.225 e. The lowest BCUT2D eigenvalue weighted by Gasteiger charge is -2.38. The van der Waals surface area contributed by atoms with Crippen LogP contribution in [0.25, 0.3) is 0 Å². The number of nitrogens with zero attached hydrogens (tertiary/aromatic N) is 5. The average Bonchev–Trinajstić information content (AvgIpc) is 2.74. The van der Waals surface area contributed by atoms with Crippen LogP contribution in [0.15, 0.2) is 6.07 Å². The molecule has 1 aliphatic carbocycles. The van der Waals surface area contributed by atoms with E-state index in [2.05, 4.69) is 25.8 Å². The molecule has 6 heteroatoms. The molecule has 0 spiro atoms. The normalized spacial score (nSPS) is 22.2. The van der Waals surface area contributed by atoms with Crippen molar-refractivity contribution < 1.29 is 4.79 Å². The third-order valence-electron chi connectivity index (χ3n) is 6.36. The number of carbonyl (C=O) groups excluding carboxylic acids is 1. The van der Waals surface area contributed by atoms with Crippen LogP contribution in [-0.4, -0.2) is 60.0 Å². The number of rotatable bonds is 3. The summed E-state index contributed by atoms with van der Waals surface area (Å²) in [5.41, 5.74) is 0. The van der Waals surface area contributed by atoms with Crippen molar-refractivity contribution in [2.24, 2.45) is 5.92 Å². The Balaban J connectivity index is 1.39. The van der Waals surface area contributed by atoms with Gasteiger partial charge in [-0.1, -0.05) is 19.3 Å². The van der Waals surface area contributed by atoms with E-state index < -0.39 is 0 Å². The molecule has 0 aromatic carbocycles. The predicted molar refractivity (Wildman–Crippen MR) is 108 cm³/mol. The number of carbonyl (C=O) groups is 1. The van der Waals surface area contributed by atoms with E-state index >= 15 is 0 Å². The molecule has 3 aliphatic rings. The Morgan fingerprint density at radius 3 is 2.00 bits per heavy atom. The number of anilines is 2. The summed E-state index contributed by atoms with van der Waals surface area (Å²) in [5, 5.41) is 0. The second-order valence-electron chi connectivity index (χ2n) is 8.33. The van der Waals surface area contributed by atoms with Gasteiger partial charge in [0.15, 0.2) is 0 Å². The minimum absolute atomic E-state index is 0.275. The summed E-state index contributed by atoms with van der Waals surface area (Å²) in [6.07, 6.45) is 9.73. The summed E-state index contributed by atoms with van der Waals surface area (Å²) in [7, 11) is 0. The van der Waals surface area contributed by atoms with Crippen molar-refractivity contribution in [3.05, 3.63) is 11.9 Å². The Hall–Kier alpha value is -1.85. The summed E-state index contributed by atoms with van der Waals surface area (Å²) >= 11 is 0. The van der Waals surface area contributed by atoms with E-state index in [1.165, 1.54) is 38.5 Å². The van der Waals surface area contributed by atoms with Crippen molar-refractivity contribution in [3.63, 3.8) is 0 Å². The number of aromatic nitrogens is 2. The maximum atomic E-state index is 12.8. The molecule has 6 nitrogen and oxygen atoms in total. The van der Waals surface area contributed by atoms with E-state index in [0.717, 1.165) is 69.6 Å². The zero-order valence-electron chi connectivity index (χ0n) is 16.7. The Bertz CT molecular complexity index is 644. The molecular weight excluding hydrogens is 338 g/mol. The van der Waals surface area contributed by atoms with Crippen molar-refractivity contribution in [1.82, 2.24) is 14.9 Å². The van der Waals surface area contributed by atoms with Gasteiger partial charge in [-0.05, 0) is 39.0 Å². The Labute approximate surface area is 162 Å². The largest absolute Gasteiger partial charge is 0.356 e. The molecular formula is C21H33N5O.